The molecule has 0 spiro atoms. The highest BCUT2D eigenvalue weighted by atomic mass is 32.2. The Morgan fingerprint density at radius 2 is 2.08 bits per heavy atom. The van der Waals surface area contributed by atoms with Gasteiger partial charge in [0.1, 0.15) is 0 Å². The van der Waals surface area contributed by atoms with Crippen LogP contribution in [0.5, 0.6) is 0 Å². The Hall–Kier alpha value is -1.96. The van der Waals surface area contributed by atoms with Crippen molar-refractivity contribution in [3.63, 3.8) is 0 Å². The third kappa shape index (κ3) is 3.58. The summed E-state index contributed by atoms with van der Waals surface area (Å²) in [7, 11) is -3.08. The van der Waals surface area contributed by atoms with Gasteiger partial charge in [-0.25, -0.2) is 18.1 Å². The number of pyridine rings is 1. The van der Waals surface area contributed by atoms with E-state index in [2.05, 4.69) is 15.4 Å². The quantitative estimate of drug-likeness (QED) is 0.856. The highest BCUT2D eigenvalue weighted by Crippen LogP contribution is 2.31. The van der Waals surface area contributed by atoms with Crippen LogP contribution in [0.3, 0.4) is 0 Å². The smallest absolute Gasteiger partial charge is 0.252 e. The molecule has 8 heteroatoms. The number of carbonyl (C=O) groups excluding carboxylic acids is 1. The second kappa shape index (κ2) is 6.88. The molecule has 0 atom stereocenters. The lowest BCUT2D eigenvalue weighted by atomic mass is 10.2. The minimum absolute atomic E-state index is 0.0511. The maximum Gasteiger partial charge on any atom is 0.252 e. The number of sulfone groups is 1. The van der Waals surface area contributed by atoms with Crippen molar-refractivity contribution in [1.82, 2.24) is 20.1 Å². The lowest BCUT2D eigenvalue weighted by Crippen LogP contribution is -2.29. The van der Waals surface area contributed by atoms with E-state index in [0.717, 1.165) is 23.9 Å². The Bertz CT molecular complexity index is 838. The molecule has 7 nitrogen and oxygen atoms in total. The van der Waals surface area contributed by atoms with Crippen molar-refractivity contribution >= 4 is 26.8 Å². The van der Waals surface area contributed by atoms with E-state index >= 15 is 0 Å². The first-order valence-electron chi connectivity index (χ1n) is 8.32. The number of amides is 1. The van der Waals surface area contributed by atoms with E-state index in [1.165, 1.54) is 19.0 Å². The van der Waals surface area contributed by atoms with Crippen LogP contribution >= 0.6 is 0 Å². The molecule has 0 unspecified atom stereocenters. The van der Waals surface area contributed by atoms with Crippen LogP contribution in [0, 0.1) is 0 Å². The predicted molar refractivity (Wildman–Crippen MR) is 91.7 cm³/mol. The standard InChI is InChI=1S/C16H22N4O3S/c1-2-24(22,23)8-7-17-16(21)13-9-12-11-19-20(15(12)18-10-13)14-5-3-4-6-14/h9-11,14H,2-8H2,1H3,(H,17,21). The minimum Gasteiger partial charge on any atom is -0.351 e. The minimum atomic E-state index is -3.08. The van der Waals surface area contributed by atoms with Crippen molar-refractivity contribution in [2.24, 2.45) is 0 Å². The molecule has 0 saturated heterocycles. The van der Waals surface area contributed by atoms with Gasteiger partial charge in [-0.3, -0.25) is 4.79 Å². The zero-order valence-corrected chi connectivity index (χ0v) is 14.6. The second-order valence-corrected chi connectivity index (χ2v) is 8.63. The summed E-state index contributed by atoms with van der Waals surface area (Å²) in [5.74, 6) is -0.286. The number of nitrogens with one attached hydrogen (secondary N) is 1. The number of hydrogen-bond acceptors (Lipinski definition) is 5. The Balaban J connectivity index is 1.70. The molecule has 1 amide bonds. The maximum atomic E-state index is 12.2. The van der Waals surface area contributed by atoms with Crippen molar-refractivity contribution in [3.8, 4) is 0 Å². The van der Waals surface area contributed by atoms with Crippen LogP contribution in [0.1, 0.15) is 49.0 Å². The average Bonchev–Trinajstić information content (AvgIpc) is 3.22. The third-order valence-electron chi connectivity index (χ3n) is 4.50. The summed E-state index contributed by atoms with van der Waals surface area (Å²) in [6, 6.07) is 2.15. The van der Waals surface area contributed by atoms with E-state index in [1.807, 2.05) is 4.68 Å². The summed E-state index contributed by atoms with van der Waals surface area (Å²) in [6.07, 6.45) is 7.93. The van der Waals surface area contributed by atoms with E-state index < -0.39 is 9.84 Å². The molecule has 0 aromatic carbocycles. The van der Waals surface area contributed by atoms with Crippen molar-refractivity contribution in [1.29, 1.82) is 0 Å². The van der Waals surface area contributed by atoms with Crippen molar-refractivity contribution in [3.05, 3.63) is 24.0 Å². The average molecular weight is 350 g/mol. The summed E-state index contributed by atoms with van der Waals surface area (Å²) in [4.78, 5) is 16.6. The lowest BCUT2D eigenvalue weighted by molar-refractivity contribution is 0.0956. The van der Waals surface area contributed by atoms with E-state index in [4.69, 9.17) is 0 Å². The number of carbonyl (C=O) groups is 1. The zero-order valence-electron chi connectivity index (χ0n) is 13.7. The van der Waals surface area contributed by atoms with Gasteiger partial charge in [-0.2, -0.15) is 5.10 Å². The molecule has 2 aromatic heterocycles. The van der Waals surface area contributed by atoms with Crippen LogP contribution in [0.25, 0.3) is 11.0 Å². The fourth-order valence-electron chi connectivity index (χ4n) is 3.05. The van der Waals surface area contributed by atoms with Gasteiger partial charge >= 0.3 is 0 Å². The summed E-state index contributed by atoms with van der Waals surface area (Å²) >= 11 is 0. The van der Waals surface area contributed by atoms with Gasteiger partial charge in [0.15, 0.2) is 15.5 Å². The molecule has 130 valence electrons. The van der Waals surface area contributed by atoms with Gasteiger partial charge in [0.2, 0.25) is 0 Å². The largest absolute Gasteiger partial charge is 0.351 e. The van der Waals surface area contributed by atoms with Gasteiger partial charge < -0.3 is 5.32 Å². The molecule has 1 aliphatic rings. The van der Waals surface area contributed by atoms with Crippen LogP contribution in [-0.2, 0) is 9.84 Å². The normalized spacial score (nSPS) is 15.9. The van der Waals surface area contributed by atoms with E-state index in [9.17, 15) is 13.2 Å². The van der Waals surface area contributed by atoms with Gasteiger partial charge in [-0.05, 0) is 18.9 Å². The fourth-order valence-corrected chi connectivity index (χ4v) is 3.75. The molecule has 1 saturated carbocycles. The molecule has 0 radical (unpaired) electrons. The monoisotopic (exact) mass is 350 g/mol. The summed E-state index contributed by atoms with van der Waals surface area (Å²) < 4.78 is 24.8. The maximum absolute atomic E-state index is 12.2. The number of fused-ring (bicyclic) bond motifs is 1. The first-order valence-corrected chi connectivity index (χ1v) is 10.1. The Morgan fingerprint density at radius 3 is 2.79 bits per heavy atom. The molecule has 0 aliphatic heterocycles. The fraction of sp³-hybridized carbons (Fsp3) is 0.562. The van der Waals surface area contributed by atoms with Crippen LogP contribution in [0.4, 0.5) is 0 Å². The van der Waals surface area contributed by atoms with Gasteiger partial charge in [0, 0.05) is 23.9 Å². The molecule has 24 heavy (non-hydrogen) atoms. The van der Waals surface area contributed by atoms with E-state index in [-0.39, 0.29) is 24.0 Å². The molecular weight excluding hydrogens is 328 g/mol. The third-order valence-corrected chi connectivity index (χ3v) is 6.21. The van der Waals surface area contributed by atoms with Gasteiger partial charge in [-0.1, -0.05) is 19.8 Å². The second-order valence-electron chi connectivity index (χ2n) is 6.16. The number of hydrogen-bond donors (Lipinski definition) is 1. The van der Waals surface area contributed by atoms with E-state index in [1.54, 1.807) is 19.2 Å². The van der Waals surface area contributed by atoms with Crippen LogP contribution in [0.2, 0.25) is 0 Å². The van der Waals surface area contributed by atoms with Gasteiger partial charge in [0.25, 0.3) is 5.91 Å². The molecule has 1 fully saturated rings. The topological polar surface area (TPSA) is 93.9 Å². The summed E-state index contributed by atoms with van der Waals surface area (Å²) in [5.41, 5.74) is 1.22. The molecule has 0 bridgehead atoms. The highest BCUT2D eigenvalue weighted by Gasteiger charge is 2.20. The predicted octanol–water partition coefficient (Wildman–Crippen LogP) is 1.71. The number of aromatic nitrogens is 3. The molecule has 1 N–H and O–H groups in total. The molecule has 1 aliphatic carbocycles. The van der Waals surface area contributed by atoms with Crippen LogP contribution in [0.15, 0.2) is 18.5 Å². The van der Waals surface area contributed by atoms with Crippen molar-refractivity contribution < 1.29 is 13.2 Å². The summed E-state index contributed by atoms with van der Waals surface area (Å²) in [5, 5.41) is 7.89. The number of nitrogens with zero attached hydrogens (tertiary/aromatic N) is 3. The van der Waals surface area contributed by atoms with Crippen LogP contribution < -0.4 is 5.32 Å². The molecule has 2 aromatic rings. The van der Waals surface area contributed by atoms with Crippen LogP contribution in [-0.4, -0.2) is 47.1 Å². The summed E-state index contributed by atoms with van der Waals surface area (Å²) in [6.45, 7) is 1.70. The lowest BCUT2D eigenvalue weighted by Gasteiger charge is -2.10. The SMILES string of the molecule is CCS(=O)(=O)CCNC(=O)c1cnc2c(cnn2C2CCCC2)c1. The molecule has 3 rings (SSSR count). The van der Waals surface area contributed by atoms with Gasteiger partial charge in [0.05, 0.1) is 23.6 Å². The van der Waals surface area contributed by atoms with Crippen molar-refractivity contribution in [2.75, 3.05) is 18.1 Å². The number of rotatable bonds is 6. The molecule has 2 heterocycles. The van der Waals surface area contributed by atoms with Gasteiger partial charge in [-0.15, -0.1) is 0 Å². The Morgan fingerprint density at radius 1 is 1.33 bits per heavy atom. The van der Waals surface area contributed by atoms with E-state index in [0.29, 0.717) is 11.6 Å². The first kappa shape index (κ1) is 16.9. The highest BCUT2D eigenvalue weighted by molar-refractivity contribution is 7.91. The Labute approximate surface area is 141 Å². The van der Waals surface area contributed by atoms with Crippen molar-refractivity contribution in [2.45, 2.75) is 38.6 Å². The molecular formula is C16H22N4O3S. The Kier molecular flexibility index (Phi) is 4.84. The first-order chi connectivity index (χ1) is 11.5. The zero-order chi connectivity index (χ0) is 17.2.